The summed E-state index contributed by atoms with van der Waals surface area (Å²) in [5.74, 6) is -2.65. The SMILES string of the molecule is CC(=O)NCCC(=O)N(CC(=O)NCCCCC(C(N)=O)C1CC1)CC(=O)NCCCCC(C(N)=O)C1CC1.COC(=O)NCCC(=O)N(CC(=O)NCCCCC(C(N)=O)C1CC1)CC(=O)NCCCCC(C(N)=O)C1CC1. The Morgan fingerprint density at radius 3 is 0.861 bits per heavy atom. The summed E-state index contributed by atoms with van der Waals surface area (Å²) < 4.78 is 4.48. The van der Waals surface area contributed by atoms with Gasteiger partial charge in [-0.1, -0.05) is 25.7 Å². The van der Waals surface area contributed by atoms with E-state index in [1.807, 2.05) is 0 Å². The number of hydrogen-bond donors (Lipinski definition) is 10. The summed E-state index contributed by atoms with van der Waals surface area (Å²) in [6.45, 7) is 1.81. The third-order valence-electron chi connectivity index (χ3n) is 14.8. The molecule has 4 atom stereocenters. The quantitative estimate of drug-likeness (QED) is 0.0363. The molecule has 4 saturated carbocycles. The predicted octanol–water partition coefficient (Wildman–Crippen LogP) is 0.0943. The molecule has 14 N–H and O–H groups in total. The van der Waals surface area contributed by atoms with Crippen molar-refractivity contribution in [1.29, 1.82) is 0 Å². The number of rotatable bonds is 42. The lowest BCUT2D eigenvalue weighted by Crippen LogP contribution is -2.46. The minimum atomic E-state index is -0.685. The molecule has 4 aliphatic carbocycles. The zero-order valence-corrected chi connectivity index (χ0v) is 46.8. The first-order valence-electron chi connectivity index (χ1n) is 28.6. The van der Waals surface area contributed by atoms with E-state index in [0.29, 0.717) is 101 Å². The van der Waals surface area contributed by atoms with E-state index < -0.39 is 29.7 Å². The van der Waals surface area contributed by atoms with Crippen LogP contribution in [0.5, 0.6) is 0 Å². The smallest absolute Gasteiger partial charge is 0.406 e. The Bertz CT molecular complexity index is 1940. The summed E-state index contributed by atoms with van der Waals surface area (Å²) in [5, 5.41) is 16.0. The van der Waals surface area contributed by atoms with E-state index in [9.17, 15) is 57.5 Å². The topological polar surface area (TPSA) is 397 Å². The standard InChI is InChI=1S/C27H46N6O7.C27H46N6O6/c1-40-27(39)32-15-12-24(36)33(16-22(34)30-13-4-2-6-20(25(28)37)18-8-9-18)17-23(35)31-14-5-3-7-21(26(29)38)19-10-11-19;1-18(34)30-15-12-25(37)33(16-23(35)31-13-4-2-6-21(26(28)38)19-8-9-19)17-24(36)32-14-5-3-7-22(27(29)39)20-10-11-20/h18-21H,2-17H2,1H3,(H2,28,37)(H2,29,38)(H,30,34)(H,31,35)(H,32,39);19-22H,2-17H2,1H3,(H2,28,38)(H2,29,39)(H,30,34)(H,31,35)(H,32,36). The Kier molecular flexibility index (Phi) is 30.9. The van der Waals surface area contributed by atoms with E-state index in [-0.39, 0.29) is 117 Å². The molecule has 0 radical (unpaired) electrons. The molecule has 4 fully saturated rings. The van der Waals surface area contributed by atoms with Gasteiger partial charge in [0.05, 0.1) is 7.11 Å². The second-order valence-electron chi connectivity index (χ2n) is 21.7. The summed E-state index contributed by atoms with van der Waals surface area (Å²) in [4.78, 5) is 146. The molecule has 0 aromatic carbocycles. The van der Waals surface area contributed by atoms with Gasteiger partial charge in [0.25, 0.3) is 0 Å². The van der Waals surface area contributed by atoms with Crippen LogP contribution in [0.25, 0.3) is 0 Å². The first-order valence-corrected chi connectivity index (χ1v) is 28.6. The molecule has 79 heavy (non-hydrogen) atoms. The lowest BCUT2D eigenvalue weighted by atomic mass is 9.96. The lowest BCUT2D eigenvalue weighted by Gasteiger charge is -2.22. The lowest BCUT2D eigenvalue weighted by molar-refractivity contribution is -0.139. The van der Waals surface area contributed by atoms with Crippen molar-refractivity contribution in [1.82, 2.24) is 41.7 Å². The number of hydrogen-bond acceptors (Lipinski definition) is 13. The van der Waals surface area contributed by atoms with E-state index in [1.54, 1.807) is 0 Å². The van der Waals surface area contributed by atoms with E-state index >= 15 is 0 Å². The minimum Gasteiger partial charge on any atom is -0.453 e. The number of nitrogens with one attached hydrogen (secondary N) is 6. The Morgan fingerprint density at radius 2 is 0.646 bits per heavy atom. The molecule has 25 heteroatoms. The molecule has 0 spiro atoms. The maximum absolute atomic E-state index is 12.7. The molecule has 12 amide bonds. The summed E-state index contributed by atoms with van der Waals surface area (Å²) in [6, 6.07) is 0. The zero-order chi connectivity index (χ0) is 58.3. The van der Waals surface area contributed by atoms with Crippen LogP contribution in [0.2, 0.25) is 0 Å². The van der Waals surface area contributed by atoms with Gasteiger partial charge >= 0.3 is 6.09 Å². The number of ether oxygens (including phenoxy) is 1. The second kappa shape index (κ2) is 36.6. The largest absolute Gasteiger partial charge is 0.453 e. The molecule has 25 nitrogen and oxygen atoms in total. The average Bonchev–Trinajstić information content (AvgIpc) is 4.15. The van der Waals surface area contributed by atoms with Gasteiger partial charge in [0.1, 0.15) is 26.2 Å². The van der Waals surface area contributed by atoms with Crippen LogP contribution >= 0.6 is 0 Å². The fraction of sp³-hybridized carbons (Fsp3) is 0.778. The van der Waals surface area contributed by atoms with Crippen LogP contribution in [0.15, 0.2) is 0 Å². The van der Waals surface area contributed by atoms with Gasteiger partial charge in [0.15, 0.2) is 0 Å². The number of methoxy groups -OCH3 is 1. The molecule has 4 rings (SSSR count). The van der Waals surface area contributed by atoms with Gasteiger partial charge in [0.2, 0.25) is 65.0 Å². The second-order valence-corrected chi connectivity index (χ2v) is 21.7. The molecule has 0 aliphatic heterocycles. The molecule has 0 bridgehead atoms. The molecule has 0 saturated heterocycles. The van der Waals surface area contributed by atoms with E-state index in [0.717, 1.165) is 81.9 Å². The highest BCUT2D eigenvalue weighted by molar-refractivity contribution is 5.90. The fourth-order valence-electron chi connectivity index (χ4n) is 9.69. The van der Waals surface area contributed by atoms with Crippen LogP contribution in [-0.2, 0) is 57.5 Å². The van der Waals surface area contributed by atoms with Gasteiger partial charge in [-0.3, -0.25) is 52.7 Å². The van der Waals surface area contributed by atoms with E-state index in [4.69, 9.17) is 22.9 Å². The molecule has 0 heterocycles. The number of amides is 12. The maximum Gasteiger partial charge on any atom is 0.406 e. The Hall–Kier alpha value is -6.56. The Labute approximate surface area is 464 Å². The number of carbonyl (C=O) groups is 12. The average molecular weight is 1120 g/mol. The van der Waals surface area contributed by atoms with Gasteiger partial charge in [-0.2, -0.15) is 0 Å². The highest BCUT2D eigenvalue weighted by atomic mass is 16.5. The highest BCUT2D eigenvalue weighted by Gasteiger charge is 2.37. The van der Waals surface area contributed by atoms with Crippen molar-refractivity contribution in [2.45, 2.75) is 148 Å². The number of alkyl carbamates (subject to hydrolysis) is 1. The van der Waals surface area contributed by atoms with E-state index in [2.05, 4.69) is 36.6 Å². The van der Waals surface area contributed by atoms with Crippen molar-refractivity contribution < 1.29 is 62.3 Å². The van der Waals surface area contributed by atoms with E-state index in [1.165, 1.54) is 18.9 Å². The monoisotopic (exact) mass is 1120 g/mol. The Morgan fingerprint density at radius 1 is 0.392 bits per heavy atom. The summed E-state index contributed by atoms with van der Waals surface area (Å²) in [6.07, 6.45) is 15.9. The normalized spacial score (nSPS) is 15.9. The molecule has 0 aromatic rings. The summed E-state index contributed by atoms with van der Waals surface area (Å²) in [5.41, 5.74) is 21.9. The summed E-state index contributed by atoms with van der Waals surface area (Å²) in [7, 11) is 1.21. The van der Waals surface area contributed by atoms with Crippen LogP contribution < -0.4 is 54.8 Å². The molecule has 446 valence electrons. The molecule has 4 aliphatic rings. The highest BCUT2D eigenvalue weighted by Crippen LogP contribution is 2.41. The van der Waals surface area contributed by atoms with Crippen LogP contribution in [0.4, 0.5) is 4.79 Å². The van der Waals surface area contributed by atoms with Crippen LogP contribution in [0.3, 0.4) is 0 Å². The van der Waals surface area contributed by atoms with Gasteiger partial charge in [-0.15, -0.1) is 0 Å². The molecule has 4 unspecified atom stereocenters. The van der Waals surface area contributed by atoms with Crippen molar-refractivity contribution in [2.24, 2.45) is 70.3 Å². The van der Waals surface area contributed by atoms with Crippen molar-refractivity contribution >= 4 is 71.1 Å². The minimum absolute atomic E-state index is 0.00467. The Balaban J connectivity index is 0.000000415. The fourth-order valence-corrected chi connectivity index (χ4v) is 9.69. The third-order valence-corrected chi connectivity index (χ3v) is 14.8. The van der Waals surface area contributed by atoms with Crippen LogP contribution in [-0.4, -0.2) is 153 Å². The molecule has 0 aromatic heterocycles. The van der Waals surface area contributed by atoms with Gasteiger partial charge in [-0.05, 0) is 126 Å². The van der Waals surface area contributed by atoms with Crippen LogP contribution in [0.1, 0.15) is 148 Å². The van der Waals surface area contributed by atoms with Crippen molar-refractivity contribution in [3.8, 4) is 0 Å². The molecular weight excluding hydrogens is 1020 g/mol. The van der Waals surface area contributed by atoms with Gasteiger partial charge < -0.3 is 69.4 Å². The van der Waals surface area contributed by atoms with Crippen molar-refractivity contribution in [2.75, 3.05) is 72.6 Å². The first kappa shape index (κ1) is 66.7. The number of unbranched alkanes of at least 4 members (excludes halogenated alkanes) is 4. The predicted molar refractivity (Wildman–Crippen MR) is 291 cm³/mol. The first-order chi connectivity index (χ1) is 37.7. The van der Waals surface area contributed by atoms with Gasteiger partial charge in [-0.25, -0.2) is 4.79 Å². The van der Waals surface area contributed by atoms with Crippen molar-refractivity contribution in [3.63, 3.8) is 0 Å². The van der Waals surface area contributed by atoms with Gasteiger partial charge in [0, 0.05) is 82.7 Å². The number of nitrogens with two attached hydrogens (primary N) is 4. The number of primary amides is 4. The third kappa shape index (κ3) is 29.8. The zero-order valence-electron chi connectivity index (χ0n) is 46.8. The maximum atomic E-state index is 12.7. The summed E-state index contributed by atoms with van der Waals surface area (Å²) >= 11 is 0. The number of nitrogens with zero attached hydrogens (tertiary/aromatic N) is 2. The number of carbonyl (C=O) groups excluding carboxylic acids is 12. The molecular formula is C54H92N12O13. The van der Waals surface area contributed by atoms with Crippen molar-refractivity contribution in [3.05, 3.63) is 0 Å². The van der Waals surface area contributed by atoms with Crippen LogP contribution in [0, 0.1) is 47.3 Å².